The van der Waals surface area contributed by atoms with Gasteiger partial charge in [0, 0.05) is 7.11 Å². The predicted molar refractivity (Wildman–Crippen MR) is 78.3 cm³/mol. The summed E-state index contributed by atoms with van der Waals surface area (Å²) >= 11 is 0. The van der Waals surface area contributed by atoms with Gasteiger partial charge in [0.2, 0.25) is 0 Å². The van der Waals surface area contributed by atoms with Crippen LogP contribution in [0.3, 0.4) is 0 Å². The van der Waals surface area contributed by atoms with E-state index in [2.05, 4.69) is 5.32 Å². The maximum atomic E-state index is 12.8. The molecule has 0 heterocycles. The Morgan fingerprint density at radius 1 is 1.24 bits per heavy atom. The van der Waals surface area contributed by atoms with E-state index in [-0.39, 0.29) is 6.04 Å². The third-order valence-corrected chi connectivity index (χ3v) is 4.10. The SMILES string of the molecule is CCNC(c1ccc(C(F)(F)F)cc1C)C(C)(CC)OC. The van der Waals surface area contributed by atoms with Crippen molar-refractivity contribution in [3.05, 3.63) is 34.9 Å². The first-order valence-electron chi connectivity index (χ1n) is 7.15. The number of ether oxygens (including phenoxy) is 1. The fourth-order valence-electron chi connectivity index (χ4n) is 2.50. The van der Waals surface area contributed by atoms with Gasteiger partial charge < -0.3 is 10.1 Å². The van der Waals surface area contributed by atoms with Crippen molar-refractivity contribution in [2.24, 2.45) is 0 Å². The molecule has 0 saturated heterocycles. The summed E-state index contributed by atoms with van der Waals surface area (Å²) in [4.78, 5) is 0. The molecule has 2 unspecified atom stereocenters. The van der Waals surface area contributed by atoms with Gasteiger partial charge in [-0.25, -0.2) is 0 Å². The van der Waals surface area contributed by atoms with Crippen LogP contribution in [0.5, 0.6) is 0 Å². The highest BCUT2D eigenvalue weighted by atomic mass is 19.4. The van der Waals surface area contributed by atoms with Crippen molar-refractivity contribution < 1.29 is 17.9 Å². The van der Waals surface area contributed by atoms with Gasteiger partial charge in [0.1, 0.15) is 0 Å². The largest absolute Gasteiger partial charge is 0.416 e. The molecule has 2 nitrogen and oxygen atoms in total. The van der Waals surface area contributed by atoms with E-state index < -0.39 is 17.3 Å². The molecular formula is C16H24F3NO. The molecule has 0 radical (unpaired) electrons. The van der Waals surface area contributed by atoms with E-state index in [9.17, 15) is 13.2 Å². The Kier molecular flexibility index (Phi) is 5.82. The van der Waals surface area contributed by atoms with Gasteiger partial charge in [0.25, 0.3) is 0 Å². The molecule has 0 aliphatic heterocycles. The average molecular weight is 303 g/mol. The van der Waals surface area contributed by atoms with E-state index in [1.807, 2.05) is 20.8 Å². The number of hydrogen-bond acceptors (Lipinski definition) is 2. The fourth-order valence-corrected chi connectivity index (χ4v) is 2.50. The third-order valence-electron chi connectivity index (χ3n) is 4.10. The van der Waals surface area contributed by atoms with Gasteiger partial charge in [0.05, 0.1) is 17.2 Å². The molecule has 0 spiro atoms. The minimum Gasteiger partial charge on any atom is -0.377 e. The first-order valence-corrected chi connectivity index (χ1v) is 7.15. The van der Waals surface area contributed by atoms with Crippen molar-refractivity contribution in [1.29, 1.82) is 0 Å². The lowest BCUT2D eigenvalue weighted by Gasteiger charge is -2.37. The summed E-state index contributed by atoms with van der Waals surface area (Å²) in [5.74, 6) is 0. The number of alkyl halides is 3. The number of nitrogens with one attached hydrogen (secondary N) is 1. The van der Waals surface area contributed by atoms with E-state index in [1.165, 1.54) is 6.07 Å². The highest BCUT2D eigenvalue weighted by molar-refractivity contribution is 5.36. The third kappa shape index (κ3) is 3.98. The van der Waals surface area contributed by atoms with Crippen LogP contribution in [-0.2, 0) is 10.9 Å². The Hall–Kier alpha value is -1.07. The molecule has 0 aromatic heterocycles. The number of hydrogen-bond donors (Lipinski definition) is 1. The van der Waals surface area contributed by atoms with Gasteiger partial charge in [-0.2, -0.15) is 13.2 Å². The molecule has 5 heteroatoms. The van der Waals surface area contributed by atoms with E-state index in [0.717, 1.165) is 18.1 Å². The summed E-state index contributed by atoms with van der Waals surface area (Å²) in [5.41, 5.74) is 0.374. The number of likely N-dealkylation sites (N-methyl/N-ethyl adjacent to an activating group) is 1. The van der Waals surface area contributed by atoms with Gasteiger partial charge >= 0.3 is 6.18 Å². The van der Waals surface area contributed by atoms with Crippen LogP contribution in [0.2, 0.25) is 0 Å². The van der Waals surface area contributed by atoms with Gasteiger partial charge in [-0.05, 0) is 50.1 Å². The molecule has 0 fully saturated rings. The van der Waals surface area contributed by atoms with Crippen molar-refractivity contribution in [2.45, 2.75) is 51.9 Å². The van der Waals surface area contributed by atoms with E-state index >= 15 is 0 Å². The Labute approximate surface area is 124 Å². The lowest BCUT2D eigenvalue weighted by Crippen LogP contribution is -2.43. The fraction of sp³-hybridized carbons (Fsp3) is 0.625. The molecule has 0 aliphatic carbocycles. The molecule has 0 amide bonds. The molecule has 0 bridgehead atoms. The number of methoxy groups -OCH3 is 1. The zero-order valence-electron chi connectivity index (χ0n) is 13.3. The molecule has 21 heavy (non-hydrogen) atoms. The van der Waals surface area contributed by atoms with Gasteiger partial charge in [-0.3, -0.25) is 0 Å². The predicted octanol–water partition coefficient (Wildman–Crippen LogP) is 4.48. The Balaban J connectivity index is 3.27. The van der Waals surface area contributed by atoms with Crippen LogP contribution in [0.1, 0.15) is 49.9 Å². The first kappa shape index (κ1) is 18.0. The summed E-state index contributed by atoms with van der Waals surface area (Å²) < 4.78 is 43.9. The summed E-state index contributed by atoms with van der Waals surface area (Å²) in [7, 11) is 1.63. The summed E-state index contributed by atoms with van der Waals surface area (Å²) in [6, 6.07) is 3.74. The van der Waals surface area contributed by atoms with Crippen LogP contribution in [0.15, 0.2) is 18.2 Å². The monoisotopic (exact) mass is 303 g/mol. The van der Waals surface area contributed by atoms with Crippen molar-refractivity contribution in [1.82, 2.24) is 5.32 Å². The van der Waals surface area contributed by atoms with Crippen LogP contribution in [0.4, 0.5) is 13.2 Å². The van der Waals surface area contributed by atoms with Gasteiger partial charge in [0.15, 0.2) is 0 Å². The number of aryl methyl sites for hydroxylation is 1. The Morgan fingerprint density at radius 2 is 1.86 bits per heavy atom. The zero-order chi connectivity index (χ0) is 16.3. The number of halogens is 3. The highest BCUT2D eigenvalue weighted by Gasteiger charge is 2.36. The summed E-state index contributed by atoms with van der Waals surface area (Å²) in [6.07, 6.45) is -3.56. The van der Waals surface area contributed by atoms with E-state index in [0.29, 0.717) is 12.1 Å². The van der Waals surface area contributed by atoms with Crippen LogP contribution < -0.4 is 5.32 Å². The number of benzene rings is 1. The summed E-state index contributed by atoms with van der Waals surface area (Å²) in [5, 5.41) is 3.33. The summed E-state index contributed by atoms with van der Waals surface area (Å²) in [6.45, 7) is 8.37. The molecular weight excluding hydrogens is 279 g/mol. The average Bonchev–Trinajstić information content (AvgIpc) is 2.43. The zero-order valence-corrected chi connectivity index (χ0v) is 13.3. The molecule has 1 rings (SSSR count). The van der Waals surface area contributed by atoms with Crippen molar-refractivity contribution in [3.8, 4) is 0 Å². The van der Waals surface area contributed by atoms with Crippen LogP contribution in [0.25, 0.3) is 0 Å². The van der Waals surface area contributed by atoms with Crippen molar-refractivity contribution >= 4 is 0 Å². The second-order valence-corrected chi connectivity index (χ2v) is 5.43. The van der Waals surface area contributed by atoms with Crippen molar-refractivity contribution in [2.75, 3.05) is 13.7 Å². The Morgan fingerprint density at radius 3 is 2.24 bits per heavy atom. The standard InChI is InChI=1S/C16H24F3NO/c1-6-15(4,21-5)14(20-7-2)13-9-8-12(10-11(13)3)16(17,18)19/h8-10,14,20H,6-7H2,1-5H3. The van der Waals surface area contributed by atoms with Gasteiger partial charge in [-0.1, -0.05) is 19.9 Å². The molecule has 1 N–H and O–H groups in total. The minimum absolute atomic E-state index is 0.153. The second-order valence-electron chi connectivity index (χ2n) is 5.43. The smallest absolute Gasteiger partial charge is 0.377 e. The molecule has 0 saturated carbocycles. The lowest BCUT2D eigenvalue weighted by molar-refractivity contribution is -0.137. The molecule has 2 atom stereocenters. The molecule has 1 aromatic carbocycles. The maximum Gasteiger partial charge on any atom is 0.416 e. The minimum atomic E-state index is -4.31. The quantitative estimate of drug-likeness (QED) is 0.836. The van der Waals surface area contributed by atoms with E-state index in [4.69, 9.17) is 4.74 Å². The first-order chi connectivity index (χ1) is 9.69. The molecule has 0 aliphatic rings. The van der Waals surface area contributed by atoms with Crippen LogP contribution >= 0.6 is 0 Å². The topological polar surface area (TPSA) is 21.3 Å². The normalized spacial score (nSPS) is 16.6. The van der Waals surface area contributed by atoms with E-state index in [1.54, 1.807) is 20.1 Å². The van der Waals surface area contributed by atoms with Gasteiger partial charge in [-0.15, -0.1) is 0 Å². The molecule has 120 valence electrons. The maximum absolute atomic E-state index is 12.8. The lowest BCUT2D eigenvalue weighted by atomic mass is 9.85. The number of rotatable bonds is 6. The van der Waals surface area contributed by atoms with Crippen LogP contribution in [-0.4, -0.2) is 19.3 Å². The van der Waals surface area contributed by atoms with Crippen molar-refractivity contribution in [3.63, 3.8) is 0 Å². The Bertz CT molecular complexity index is 467. The molecule has 1 aromatic rings. The highest BCUT2D eigenvalue weighted by Crippen LogP contribution is 2.36. The second kappa shape index (κ2) is 6.79. The van der Waals surface area contributed by atoms with Crippen LogP contribution in [0, 0.1) is 6.92 Å².